The third-order valence-electron chi connectivity index (χ3n) is 5.03. The first-order valence-electron chi connectivity index (χ1n) is 10.7. The van der Waals surface area contributed by atoms with Crippen LogP contribution in [-0.4, -0.2) is 29.5 Å². The van der Waals surface area contributed by atoms with Crippen LogP contribution in [-0.2, 0) is 17.5 Å². The molecule has 5 nitrogen and oxygen atoms in total. The largest absolute Gasteiger partial charge is 0.416 e. The van der Waals surface area contributed by atoms with Gasteiger partial charge in [-0.2, -0.15) is 13.2 Å². The number of rotatable bonds is 7. The molecule has 0 saturated carbocycles. The average Bonchev–Trinajstić information content (AvgIpc) is 2.79. The Balaban J connectivity index is 0.000000245. The van der Waals surface area contributed by atoms with Gasteiger partial charge in [-0.25, -0.2) is 9.97 Å². The van der Waals surface area contributed by atoms with Crippen LogP contribution in [0, 0.1) is 13.8 Å². The van der Waals surface area contributed by atoms with E-state index in [4.69, 9.17) is 0 Å². The number of halogens is 3. The van der Waals surface area contributed by atoms with E-state index in [2.05, 4.69) is 59.2 Å². The number of carbonyl (C=O) groups is 1. The summed E-state index contributed by atoms with van der Waals surface area (Å²) in [7, 11) is 0. The number of benzene rings is 2. The molecule has 1 amide bonds. The van der Waals surface area contributed by atoms with Gasteiger partial charge in [0.15, 0.2) is 5.82 Å². The maximum atomic E-state index is 12.2. The number of aryl methyl sites for hydroxylation is 2. The van der Waals surface area contributed by atoms with Gasteiger partial charge < -0.3 is 10.2 Å². The Morgan fingerprint density at radius 1 is 1.03 bits per heavy atom. The van der Waals surface area contributed by atoms with Gasteiger partial charge >= 0.3 is 6.18 Å². The normalized spacial score (nSPS) is 10.8. The van der Waals surface area contributed by atoms with E-state index in [9.17, 15) is 18.0 Å². The molecular weight excluding hydrogens is 429 g/mol. The topological polar surface area (TPSA) is 58.1 Å². The second-order valence-electron chi connectivity index (χ2n) is 7.39. The molecule has 0 atom stereocenters. The van der Waals surface area contributed by atoms with E-state index in [0.717, 1.165) is 42.3 Å². The van der Waals surface area contributed by atoms with Crippen LogP contribution < -0.4 is 10.2 Å². The van der Waals surface area contributed by atoms with Gasteiger partial charge in [-0.15, -0.1) is 0 Å². The average molecular weight is 459 g/mol. The van der Waals surface area contributed by atoms with E-state index in [1.165, 1.54) is 23.4 Å². The number of nitrogens with zero attached hydrogens (tertiary/aromatic N) is 3. The summed E-state index contributed by atoms with van der Waals surface area (Å²) in [5.41, 5.74) is 4.28. The van der Waals surface area contributed by atoms with Gasteiger partial charge in [-0.1, -0.05) is 18.2 Å². The predicted molar refractivity (Wildman–Crippen MR) is 125 cm³/mol. The van der Waals surface area contributed by atoms with E-state index in [1.54, 1.807) is 0 Å². The SMILES string of the molecule is CCN(CC)c1ccc(C)c(-c2nccc(C)n2)c1.O=CNCc1cccc(C(F)(F)F)c1. The Bertz CT molecular complexity index is 1050. The quantitative estimate of drug-likeness (QED) is 0.471. The predicted octanol–water partition coefficient (Wildman–Crippen LogP) is 5.56. The summed E-state index contributed by atoms with van der Waals surface area (Å²) in [6, 6.07) is 13.3. The van der Waals surface area contributed by atoms with E-state index >= 15 is 0 Å². The molecule has 0 aliphatic heterocycles. The molecule has 0 fully saturated rings. The summed E-state index contributed by atoms with van der Waals surface area (Å²) in [5.74, 6) is 0.812. The molecule has 1 aromatic heterocycles. The number of nitrogens with one attached hydrogen (secondary N) is 1. The first-order chi connectivity index (χ1) is 15.7. The Kier molecular flexibility index (Phi) is 9.39. The molecular formula is C25H29F3N4O. The van der Waals surface area contributed by atoms with E-state index in [-0.39, 0.29) is 6.54 Å². The van der Waals surface area contributed by atoms with E-state index < -0.39 is 11.7 Å². The number of hydrogen-bond acceptors (Lipinski definition) is 4. The lowest BCUT2D eigenvalue weighted by Gasteiger charge is -2.22. The fraction of sp³-hybridized carbons (Fsp3) is 0.320. The second kappa shape index (κ2) is 12.0. The second-order valence-corrected chi connectivity index (χ2v) is 7.39. The molecule has 1 N–H and O–H groups in total. The smallest absolute Gasteiger partial charge is 0.372 e. The van der Waals surface area contributed by atoms with E-state index in [0.29, 0.717) is 12.0 Å². The van der Waals surface area contributed by atoms with Crippen LogP contribution in [0.2, 0.25) is 0 Å². The zero-order chi connectivity index (χ0) is 24.4. The van der Waals surface area contributed by atoms with Crippen LogP contribution in [0.15, 0.2) is 54.7 Å². The van der Waals surface area contributed by atoms with Crippen molar-refractivity contribution in [3.8, 4) is 11.4 Å². The monoisotopic (exact) mass is 458 g/mol. The van der Waals surface area contributed by atoms with Gasteiger partial charge in [-0.3, -0.25) is 4.79 Å². The van der Waals surface area contributed by atoms with Crippen LogP contribution in [0.4, 0.5) is 18.9 Å². The molecule has 8 heteroatoms. The third kappa shape index (κ3) is 7.59. The van der Waals surface area contributed by atoms with Crippen LogP contribution >= 0.6 is 0 Å². The maximum absolute atomic E-state index is 12.2. The van der Waals surface area contributed by atoms with Gasteiger partial charge in [0.2, 0.25) is 6.41 Å². The summed E-state index contributed by atoms with van der Waals surface area (Å²) in [6.45, 7) is 10.6. The van der Waals surface area contributed by atoms with Crippen molar-refractivity contribution >= 4 is 12.1 Å². The number of carbonyl (C=O) groups excluding carboxylic acids is 1. The lowest BCUT2D eigenvalue weighted by Crippen LogP contribution is -2.21. The molecule has 176 valence electrons. The fourth-order valence-corrected chi connectivity index (χ4v) is 3.23. The fourth-order valence-electron chi connectivity index (χ4n) is 3.23. The van der Waals surface area contributed by atoms with Crippen molar-refractivity contribution < 1.29 is 18.0 Å². The van der Waals surface area contributed by atoms with Crippen molar-refractivity contribution in [3.05, 3.63) is 77.1 Å². The highest BCUT2D eigenvalue weighted by molar-refractivity contribution is 5.67. The molecule has 0 aliphatic rings. The Morgan fingerprint density at radius 3 is 2.36 bits per heavy atom. The molecule has 2 aromatic carbocycles. The van der Waals surface area contributed by atoms with Crippen LogP contribution in [0.5, 0.6) is 0 Å². The molecule has 33 heavy (non-hydrogen) atoms. The molecule has 0 aliphatic carbocycles. The summed E-state index contributed by atoms with van der Waals surface area (Å²) in [4.78, 5) is 21.2. The molecule has 3 rings (SSSR count). The zero-order valence-electron chi connectivity index (χ0n) is 19.3. The van der Waals surface area contributed by atoms with Crippen LogP contribution in [0.1, 0.15) is 36.2 Å². The minimum absolute atomic E-state index is 0.105. The maximum Gasteiger partial charge on any atom is 0.416 e. The van der Waals surface area contributed by atoms with Crippen LogP contribution in [0.3, 0.4) is 0 Å². The lowest BCUT2D eigenvalue weighted by molar-refractivity contribution is -0.137. The molecule has 0 unspecified atom stereocenters. The molecule has 3 aromatic rings. The van der Waals surface area contributed by atoms with Crippen molar-refractivity contribution in [2.45, 2.75) is 40.4 Å². The third-order valence-corrected chi connectivity index (χ3v) is 5.03. The number of aromatic nitrogens is 2. The van der Waals surface area contributed by atoms with Gasteiger partial charge in [-0.05, 0) is 69.2 Å². The summed E-state index contributed by atoms with van der Waals surface area (Å²) in [5, 5.41) is 2.30. The Labute approximate surface area is 192 Å². The zero-order valence-corrected chi connectivity index (χ0v) is 19.3. The number of hydrogen-bond donors (Lipinski definition) is 1. The van der Waals surface area contributed by atoms with E-state index in [1.807, 2.05) is 19.2 Å². The lowest BCUT2D eigenvalue weighted by atomic mass is 10.1. The van der Waals surface area contributed by atoms with Crippen molar-refractivity contribution in [3.63, 3.8) is 0 Å². The van der Waals surface area contributed by atoms with Gasteiger partial charge in [0.05, 0.1) is 5.56 Å². The van der Waals surface area contributed by atoms with Crippen molar-refractivity contribution in [2.75, 3.05) is 18.0 Å². The minimum atomic E-state index is -4.34. The summed E-state index contributed by atoms with van der Waals surface area (Å²) >= 11 is 0. The Hall–Kier alpha value is -3.42. The molecule has 1 heterocycles. The highest BCUT2D eigenvalue weighted by Gasteiger charge is 2.30. The Morgan fingerprint density at radius 2 is 1.76 bits per heavy atom. The van der Waals surface area contributed by atoms with Crippen LogP contribution in [0.25, 0.3) is 11.4 Å². The van der Waals surface area contributed by atoms with Gasteiger partial charge in [0, 0.05) is 42.8 Å². The first kappa shape index (κ1) is 25.8. The number of amides is 1. The molecule has 0 radical (unpaired) electrons. The molecule has 0 bridgehead atoms. The highest BCUT2D eigenvalue weighted by Crippen LogP contribution is 2.29. The highest BCUT2D eigenvalue weighted by atomic mass is 19.4. The summed E-state index contributed by atoms with van der Waals surface area (Å²) < 4.78 is 36.6. The van der Waals surface area contributed by atoms with Crippen molar-refractivity contribution in [1.29, 1.82) is 0 Å². The minimum Gasteiger partial charge on any atom is -0.372 e. The summed E-state index contributed by atoms with van der Waals surface area (Å²) in [6.07, 6.45) is -2.07. The van der Waals surface area contributed by atoms with Gasteiger partial charge in [0.25, 0.3) is 0 Å². The first-order valence-corrected chi connectivity index (χ1v) is 10.7. The number of anilines is 1. The molecule has 0 saturated heterocycles. The number of alkyl halides is 3. The standard InChI is InChI=1S/C16H21N3.C9H8F3NO/c1-5-19(6-2)14-8-7-12(3)15(11-14)16-17-10-9-13(4)18-16;10-9(11,12)8-3-1-2-7(4-8)5-13-6-14/h7-11H,5-6H2,1-4H3;1-4,6H,5H2,(H,13,14). The molecule has 0 spiro atoms. The van der Waals surface area contributed by atoms with Gasteiger partial charge in [0.1, 0.15) is 0 Å². The van der Waals surface area contributed by atoms with Crippen molar-refractivity contribution in [2.24, 2.45) is 0 Å². The van der Waals surface area contributed by atoms with Crippen molar-refractivity contribution in [1.82, 2.24) is 15.3 Å².